The van der Waals surface area contributed by atoms with Crippen LogP contribution in [0, 0.1) is 12.9 Å². The highest BCUT2D eigenvalue weighted by Gasteiger charge is 2.12. The molecule has 80 valence electrons. The Morgan fingerprint density at radius 3 is 2.79 bits per heavy atom. The van der Waals surface area contributed by atoms with Crippen LogP contribution < -0.4 is 5.32 Å². The van der Waals surface area contributed by atoms with Gasteiger partial charge in [-0.05, 0) is 13.8 Å². The predicted octanol–water partition coefficient (Wildman–Crippen LogP) is 0.432. The second kappa shape index (κ2) is 5.07. The van der Waals surface area contributed by atoms with E-state index >= 15 is 0 Å². The fourth-order valence-electron chi connectivity index (χ4n) is 1.29. The van der Waals surface area contributed by atoms with Crippen LogP contribution in [0.5, 0.6) is 0 Å². The van der Waals surface area contributed by atoms with Crippen LogP contribution in [0.4, 0.5) is 4.39 Å². The van der Waals surface area contributed by atoms with Crippen molar-refractivity contribution < 1.29 is 9.50 Å². The van der Waals surface area contributed by atoms with E-state index in [9.17, 15) is 4.39 Å². The van der Waals surface area contributed by atoms with Gasteiger partial charge in [-0.3, -0.25) is 0 Å². The number of hydrogen-bond acceptors (Lipinski definition) is 3. The lowest BCUT2D eigenvalue weighted by Gasteiger charge is -2.01. The number of aryl methyl sites for hydroxylation is 2. The van der Waals surface area contributed by atoms with Gasteiger partial charge in [0.25, 0.3) is 0 Å². The molecule has 0 saturated heterocycles. The van der Waals surface area contributed by atoms with Crippen LogP contribution >= 0.6 is 0 Å². The Kier molecular flexibility index (Phi) is 4.03. The molecule has 5 heteroatoms. The van der Waals surface area contributed by atoms with Crippen LogP contribution in [-0.2, 0) is 13.1 Å². The minimum absolute atomic E-state index is 0.0581. The van der Waals surface area contributed by atoms with Gasteiger partial charge in [-0.2, -0.15) is 9.49 Å². The van der Waals surface area contributed by atoms with Gasteiger partial charge in [0.05, 0.1) is 12.3 Å². The Morgan fingerprint density at radius 2 is 2.29 bits per heavy atom. The summed E-state index contributed by atoms with van der Waals surface area (Å²) in [6, 6.07) is 0. The normalized spacial score (nSPS) is 10.9. The van der Waals surface area contributed by atoms with Crippen molar-refractivity contribution in [3.8, 4) is 0 Å². The monoisotopic (exact) mass is 201 g/mol. The number of aromatic nitrogens is 2. The van der Waals surface area contributed by atoms with Crippen LogP contribution in [0.25, 0.3) is 0 Å². The first-order valence-corrected chi connectivity index (χ1v) is 4.74. The molecular weight excluding hydrogens is 185 g/mol. The number of nitrogens with zero attached hydrogens (tertiary/aromatic N) is 2. The first-order valence-electron chi connectivity index (χ1n) is 4.74. The number of nitrogens with one attached hydrogen (secondary N) is 1. The summed E-state index contributed by atoms with van der Waals surface area (Å²) in [5.41, 5.74) is 1.29. The number of hydrogen-bond donors (Lipinski definition) is 2. The summed E-state index contributed by atoms with van der Waals surface area (Å²) in [5, 5.41) is 15.5. The summed E-state index contributed by atoms with van der Waals surface area (Å²) in [6.45, 7) is 5.11. The van der Waals surface area contributed by atoms with E-state index < -0.39 is 0 Å². The predicted molar refractivity (Wildman–Crippen MR) is 51.4 cm³/mol. The lowest BCUT2D eigenvalue weighted by Crippen LogP contribution is -2.18. The summed E-state index contributed by atoms with van der Waals surface area (Å²) in [7, 11) is 0. The lowest BCUT2D eigenvalue weighted by molar-refractivity contribution is 0.291. The molecule has 0 spiro atoms. The van der Waals surface area contributed by atoms with E-state index in [2.05, 4.69) is 10.4 Å². The maximum absolute atomic E-state index is 13.5. The molecule has 1 aromatic heterocycles. The molecule has 4 nitrogen and oxygen atoms in total. The fraction of sp³-hybridized carbons (Fsp3) is 0.667. The molecule has 1 aromatic rings. The maximum atomic E-state index is 13.5. The van der Waals surface area contributed by atoms with Gasteiger partial charge in [-0.15, -0.1) is 0 Å². The average Bonchev–Trinajstić information content (AvgIpc) is 2.45. The molecule has 0 aliphatic heterocycles. The summed E-state index contributed by atoms with van der Waals surface area (Å²) in [4.78, 5) is 0. The number of aliphatic hydroxyl groups is 1. The van der Waals surface area contributed by atoms with Gasteiger partial charge in [-0.1, -0.05) is 0 Å². The first-order chi connectivity index (χ1) is 6.70. The smallest absolute Gasteiger partial charge is 0.216 e. The third-order valence-corrected chi connectivity index (χ3v) is 2.07. The molecule has 2 N–H and O–H groups in total. The van der Waals surface area contributed by atoms with Crippen molar-refractivity contribution in [3.63, 3.8) is 0 Å². The largest absolute Gasteiger partial charge is 0.395 e. The Bertz CT molecular complexity index is 298. The number of aliphatic hydroxyl groups excluding tert-OH is 1. The third-order valence-electron chi connectivity index (χ3n) is 2.07. The highest BCUT2D eigenvalue weighted by molar-refractivity contribution is 5.17. The maximum Gasteiger partial charge on any atom is 0.216 e. The summed E-state index contributed by atoms with van der Waals surface area (Å²) < 4.78 is 14.9. The Balaban J connectivity index is 2.70. The van der Waals surface area contributed by atoms with Gasteiger partial charge in [0.2, 0.25) is 5.95 Å². The van der Waals surface area contributed by atoms with Crippen molar-refractivity contribution >= 4 is 0 Å². The quantitative estimate of drug-likeness (QED) is 0.679. The minimum atomic E-state index is -0.282. The first kappa shape index (κ1) is 11.1. The third kappa shape index (κ3) is 2.30. The number of halogens is 1. The molecule has 1 heterocycles. The van der Waals surface area contributed by atoms with Crippen LogP contribution in [0.2, 0.25) is 0 Å². The second-order valence-corrected chi connectivity index (χ2v) is 3.07. The van der Waals surface area contributed by atoms with Gasteiger partial charge in [0.15, 0.2) is 0 Å². The molecule has 0 radical (unpaired) electrons. The van der Waals surface area contributed by atoms with E-state index in [-0.39, 0.29) is 12.6 Å². The fourth-order valence-corrected chi connectivity index (χ4v) is 1.29. The van der Waals surface area contributed by atoms with Crippen molar-refractivity contribution in [1.82, 2.24) is 15.1 Å². The van der Waals surface area contributed by atoms with Gasteiger partial charge in [-0.25, -0.2) is 4.68 Å². The van der Waals surface area contributed by atoms with Gasteiger partial charge >= 0.3 is 0 Å². The highest BCUT2D eigenvalue weighted by Crippen LogP contribution is 2.11. The van der Waals surface area contributed by atoms with Crippen LogP contribution in [0.3, 0.4) is 0 Å². The van der Waals surface area contributed by atoms with Gasteiger partial charge in [0.1, 0.15) is 0 Å². The molecular formula is C9H16FN3O. The highest BCUT2D eigenvalue weighted by atomic mass is 19.1. The van der Waals surface area contributed by atoms with Crippen LogP contribution in [-0.4, -0.2) is 28.0 Å². The van der Waals surface area contributed by atoms with Crippen molar-refractivity contribution in [2.24, 2.45) is 0 Å². The molecule has 0 fully saturated rings. The van der Waals surface area contributed by atoms with Gasteiger partial charge < -0.3 is 10.4 Å². The molecule has 14 heavy (non-hydrogen) atoms. The van der Waals surface area contributed by atoms with Crippen molar-refractivity contribution in [1.29, 1.82) is 0 Å². The van der Waals surface area contributed by atoms with Gasteiger partial charge in [0, 0.05) is 25.2 Å². The van der Waals surface area contributed by atoms with Crippen molar-refractivity contribution in [3.05, 3.63) is 17.2 Å². The molecule has 0 aromatic carbocycles. The summed E-state index contributed by atoms with van der Waals surface area (Å²) >= 11 is 0. The number of rotatable bonds is 5. The lowest BCUT2D eigenvalue weighted by atomic mass is 10.2. The second-order valence-electron chi connectivity index (χ2n) is 3.07. The van der Waals surface area contributed by atoms with E-state index in [0.717, 1.165) is 0 Å². The van der Waals surface area contributed by atoms with Crippen LogP contribution in [0.1, 0.15) is 18.2 Å². The molecule has 0 aliphatic carbocycles. The zero-order valence-electron chi connectivity index (χ0n) is 8.55. The Hall–Kier alpha value is -0.940. The molecule has 0 atom stereocenters. The molecule has 0 saturated carbocycles. The van der Waals surface area contributed by atoms with Crippen LogP contribution in [0.15, 0.2) is 0 Å². The SMILES string of the molecule is CCn1nc(C)c(CNCCO)c1F. The Labute approximate surface area is 82.7 Å². The van der Waals surface area contributed by atoms with Crippen molar-refractivity contribution in [2.75, 3.05) is 13.2 Å². The molecule has 0 aliphatic rings. The average molecular weight is 201 g/mol. The molecule has 0 bridgehead atoms. The van der Waals surface area contributed by atoms with E-state index in [1.54, 1.807) is 6.92 Å². The molecule has 1 rings (SSSR count). The Morgan fingerprint density at radius 1 is 1.57 bits per heavy atom. The zero-order valence-corrected chi connectivity index (χ0v) is 8.55. The zero-order chi connectivity index (χ0) is 10.6. The van der Waals surface area contributed by atoms with Crippen molar-refractivity contribution in [2.45, 2.75) is 26.9 Å². The standard InChI is InChI=1S/C9H16FN3O/c1-3-13-9(10)8(7(2)12-13)6-11-4-5-14/h11,14H,3-6H2,1-2H3. The molecule has 0 amide bonds. The van der Waals surface area contributed by atoms with E-state index in [1.165, 1.54) is 4.68 Å². The summed E-state index contributed by atoms with van der Waals surface area (Å²) in [5.74, 6) is -0.282. The minimum Gasteiger partial charge on any atom is -0.395 e. The topological polar surface area (TPSA) is 50.1 Å². The summed E-state index contributed by atoms with van der Waals surface area (Å²) in [6.07, 6.45) is 0. The van der Waals surface area contributed by atoms with E-state index in [4.69, 9.17) is 5.11 Å². The molecule has 0 unspecified atom stereocenters. The van der Waals surface area contributed by atoms with E-state index in [1.807, 2.05) is 6.92 Å². The van der Waals surface area contributed by atoms with E-state index in [0.29, 0.717) is 30.9 Å².